The van der Waals surface area contributed by atoms with Crippen LogP contribution in [0.15, 0.2) is 52.5 Å². The molecule has 0 unspecified atom stereocenters. The number of carbonyl (C=O) groups excluding carboxylic acids is 2. The van der Waals surface area contributed by atoms with Gasteiger partial charge in [0, 0.05) is 23.5 Å². The highest BCUT2D eigenvalue weighted by Gasteiger charge is 2.36. The number of piperidine rings is 1. The molecule has 0 radical (unpaired) electrons. The number of rotatable bonds is 6. The summed E-state index contributed by atoms with van der Waals surface area (Å²) in [7, 11) is 1.30. The van der Waals surface area contributed by atoms with E-state index in [0.717, 1.165) is 28.7 Å². The summed E-state index contributed by atoms with van der Waals surface area (Å²) in [6, 6.07) is 8.97. The number of carbonyl (C=O) groups is 2. The summed E-state index contributed by atoms with van der Waals surface area (Å²) in [5, 5.41) is 8.09. The van der Waals surface area contributed by atoms with Gasteiger partial charge in [0.05, 0.1) is 35.4 Å². The number of amidine groups is 1. The molecule has 0 bridgehead atoms. The van der Waals surface area contributed by atoms with Crippen LogP contribution in [0.2, 0.25) is 5.02 Å². The van der Waals surface area contributed by atoms with Gasteiger partial charge in [-0.1, -0.05) is 23.7 Å². The number of hydrogen-bond acceptors (Lipinski definition) is 7. The number of likely N-dealkylation sites (tertiary alicyclic amines) is 1. The van der Waals surface area contributed by atoms with Gasteiger partial charge in [0.1, 0.15) is 6.61 Å². The first kappa shape index (κ1) is 28.2. The van der Waals surface area contributed by atoms with Crippen LogP contribution >= 0.6 is 23.4 Å². The number of amides is 1. The van der Waals surface area contributed by atoms with E-state index < -0.39 is 23.6 Å². The number of benzene rings is 2. The monoisotopic (exact) mass is 592 g/mol. The van der Waals surface area contributed by atoms with Crippen molar-refractivity contribution in [1.82, 2.24) is 15.1 Å². The fraction of sp³-hybridized carbons (Fsp3) is 0.333. The number of alkyl halides is 3. The van der Waals surface area contributed by atoms with Crippen molar-refractivity contribution in [2.45, 2.75) is 31.5 Å². The third-order valence-electron chi connectivity index (χ3n) is 6.77. The number of allylic oxidation sites excluding steroid dienone is 1. The van der Waals surface area contributed by atoms with Crippen molar-refractivity contribution >= 4 is 56.9 Å². The van der Waals surface area contributed by atoms with Crippen molar-refractivity contribution in [2.24, 2.45) is 4.99 Å². The maximum atomic E-state index is 13.9. The van der Waals surface area contributed by atoms with E-state index in [-0.39, 0.29) is 34.6 Å². The molecule has 2 aliphatic rings. The molecule has 0 saturated carbocycles. The first-order chi connectivity index (χ1) is 19.1. The maximum Gasteiger partial charge on any atom is 0.416 e. The summed E-state index contributed by atoms with van der Waals surface area (Å²) in [5.41, 5.74) is 0.931. The minimum absolute atomic E-state index is 0.00268. The van der Waals surface area contributed by atoms with Crippen LogP contribution in [-0.2, 0) is 31.7 Å². The Morgan fingerprint density at radius 2 is 1.98 bits per heavy atom. The molecule has 2 aliphatic heterocycles. The molecule has 1 amide bonds. The number of fused-ring (bicyclic) bond motifs is 1. The summed E-state index contributed by atoms with van der Waals surface area (Å²) < 4.78 is 52.0. The van der Waals surface area contributed by atoms with Crippen LogP contribution in [0.25, 0.3) is 16.5 Å². The number of methoxy groups -OCH3 is 1. The number of ether oxygens (including phenoxy) is 2. The van der Waals surface area contributed by atoms with Crippen molar-refractivity contribution in [2.75, 3.05) is 26.8 Å². The number of nitrogens with zero attached hydrogens (tertiary/aromatic N) is 3. The van der Waals surface area contributed by atoms with E-state index in [1.54, 1.807) is 24.4 Å². The Morgan fingerprint density at radius 1 is 1.20 bits per heavy atom. The predicted molar refractivity (Wildman–Crippen MR) is 146 cm³/mol. The van der Waals surface area contributed by atoms with E-state index in [0.29, 0.717) is 42.2 Å². The minimum Gasteiger partial charge on any atom is -0.467 e. The van der Waals surface area contributed by atoms with Crippen LogP contribution in [0.4, 0.5) is 13.2 Å². The molecule has 3 aromatic rings. The Morgan fingerprint density at radius 3 is 2.70 bits per heavy atom. The SMILES string of the molecule is COC(=O)COC1CCN(C2=NC(=O)C(=C(Cc3ccc(Cl)cc3C(F)(F)F)c3ccc4[nH]ncc4c3)S2)CC1. The molecule has 210 valence electrons. The number of esters is 1. The number of H-pyrrole nitrogens is 1. The molecular formula is C27H24ClF3N4O4S. The summed E-state index contributed by atoms with van der Waals surface area (Å²) in [6.45, 7) is 0.963. The van der Waals surface area contributed by atoms with Gasteiger partial charge < -0.3 is 14.4 Å². The second-order valence-electron chi connectivity index (χ2n) is 9.33. The van der Waals surface area contributed by atoms with E-state index >= 15 is 0 Å². The number of aromatic nitrogens is 2. The van der Waals surface area contributed by atoms with Crippen LogP contribution in [-0.4, -0.2) is 65.1 Å². The number of aromatic amines is 1. The van der Waals surface area contributed by atoms with Gasteiger partial charge >= 0.3 is 12.1 Å². The van der Waals surface area contributed by atoms with Gasteiger partial charge in [-0.05, 0) is 72.0 Å². The fourth-order valence-corrected chi connectivity index (χ4v) is 5.92. The van der Waals surface area contributed by atoms with Crippen molar-refractivity contribution in [3.63, 3.8) is 0 Å². The Balaban J connectivity index is 1.44. The van der Waals surface area contributed by atoms with Crippen molar-refractivity contribution < 1.29 is 32.2 Å². The van der Waals surface area contributed by atoms with E-state index in [1.165, 1.54) is 19.2 Å². The highest BCUT2D eigenvalue weighted by atomic mass is 35.5. The molecule has 1 saturated heterocycles. The quantitative estimate of drug-likeness (QED) is 0.299. The van der Waals surface area contributed by atoms with Gasteiger partial charge in [0.25, 0.3) is 5.91 Å². The van der Waals surface area contributed by atoms with Crippen LogP contribution in [0.3, 0.4) is 0 Å². The Hall–Kier alpha value is -3.35. The molecule has 40 heavy (non-hydrogen) atoms. The molecule has 1 N–H and O–H groups in total. The average molecular weight is 593 g/mol. The number of halogens is 4. The van der Waals surface area contributed by atoms with E-state index in [2.05, 4.69) is 19.9 Å². The summed E-state index contributed by atoms with van der Waals surface area (Å²) >= 11 is 7.06. The molecule has 3 heterocycles. The normalized spacial score (nSPS) is 17.9. The van der Waals surface area contributed by atoms with Gasteiger partial charge in [-0.3, -0.25) is 9.89 Å². The van der Waals surface area contributed by atoms with Crippen LogP contribution in [0.5, 0.6) is 0 Å². The lowest BCUT2D eigenvalue weighted by Gasteiger charge is -2.32. The van der Waals surface area contributed by atoms with Crippen molar-refractivity contribution in [3.8, 4) is 0 Å². The van der Waals surface area contributed by atoms with Gasteiger partial charge in [-0.15, -0.1) is 0 Å². The van der Waals surface area contributed by atoms with Gasteiger partial charge in [-0.25, -0.2) is 4.79 Å². The molecule has 8 nitrogen and oxygen atoms in total. The molecule has 0 spiro atoms. The zero-order chi connectivity index (χ0) is 28.4. The van der Waals surface area contributed by atoms with Gasteiger partial charge in [0.2, 0.25) is 0 Å². The standard InChI is InChI=1S/C27H24ClF3N4O4S/c1-38-23(36)14-39-19-6-8-35(9-7-19)26-33-25(37)24(40-26)20(15-3-5-22-17(10-15)13-32-34-22)11-16-2-4-18(28)12-21(16)27(29,30)31/h2-5,10,12-13,19H,6-9,11,14H2,1H3,(H,32,34). The third-order valence-corrected chi connectivity index (χ3v) is 8.16. The largest absolute Gasteiger partial charge is 0.467 e. The zero-order valence-electron chi connectivity index (χ0n) is 21.3. The highest BCUT2D eigenvalue weighted by molar-refractivity contribution is 8.18. The predicted octanol–water partition coefficient (Wildman–Crippen LogP) is 5.47. The lowest BCUT2D eigenvalue weighted by atomic mass is 9.93. The topological polar surface area (TPSA) is 96.9 Å². The molecule has 13 heteroatoms. The lowest BCUT2D eigenvalue weighted by Crippen LogP contribution is -2.39. The first-order valence-corrected chi connectivity index (χ1v) is 13.6. The van der Waals surface area contributed by atoms with Crippen LogP contribution < -0.4 is 0 Å². The van der Waals surface area contributed by atoms with E-state index in [9.17, 15) is 22.8 Å². The molecule has 5 rings (SSSR count). The fourth-order valence-electron chi connectivity index (χ4n) is 4.68. The Bertz CT molecular complexity index is 1510. The average Bonchev–Trinajstić information content (AvgIpc) is 3.56. The molecule has 2 aromatic carbocycles. The molecule has 1 fully saturated rings. The van der Waals surface area contributed by atoms with Crippen LogP contribution in [0, 0.1) is 0 Å². The van der Waals surface area contributed by atoms with Crippen LogP contribution in [0.1, 0.15) is 29.5 Å². The summed E-state index contributed by atoms with van der Waals surface area (Å²) in [4.78, 5) is 31.1. The van der Waals surface area contributed by atoms with Gasteiger partial charge in [0.15, 0.2) is 5.17 Å². The molecule has 0 aliphatic carbocycles. The minimum atomic E-state index is -4.63. The molecule has 1 aromatic heterocycles. The lowest BCUT2D eigenvalue weighted by molar-refractivity contribution is -0.148. The number of hydrogen-bond donors (Lipinski definition) is 1. The van der Waals surface area contributed by atoms with E-state index in [4.69, 9.17) is 16.3 Å². The third kappa shape index (κ3) is 6.18. The second kappa shape index (κ2) is 11.6. The second-order valence-corrected chi connectivity index (χ2v) is 10.7. The molecular weight excluding hydrogens is 569 g/mol. The zero-order valence-corrected chi connectivity index (χ0v) is 22.8. The molecule has 0 atom stereocenters. The van der Waals surface area contributed by atoms with Gasteiger partial charge in [-0.2, -0.15) is 23.3 Å². The van der Waals surface area contributed by atoms with E-state index in [1.807, 2.05) is 4.90 Å². The summed E-state index contributed by atoms with van der Waals surface area (Å²) in [6.07, 6.45) is -2.06. The van der Waals surface area contributed by atoms with Crippen molar-refractivity contribution in [3.05, 3.63) is 69.2 Å². The summed E-state index contributed by atoms with van der Waals surface area (Å²) in [5.74, 6) is -0.956. The maximum absolute atomic E-state index is 13.9. The number of thioether (sulfide) groups is 1. The van der Waals surface area contributed by atoms with Crippen molar-refractivity contribution in [1.29, 1.82) is 0 Å². The number of aliphatic imine (C=N–C) groups is 1. The Kier molecular flexibility index (Phi) is 8.20. The highest BCUT2D eigenvalue weighted by Crippen LogP contribution is 2.41. The number of nitrogens with one attached hydrogen (secondary N) is 1. The smallest absolute Gasteiger partial charge is 0.416 e. The Labute approximate surface area is 236 Å². The first-order valence-electron chi connectivity index (χ1n) is 12.4.